The third kappa shape index (κ3) is 3.04. The Hall–Kier alpha value is -2.63. The van der Waals surface area contributed by atoms with Gasteiger partial charge in [-0.15, -0.1) is 0 Å². The molecule has 1 heterocycles. The topological polar surface area (TPSA) is 66.7 Å². The van der Waals surface area contributed by atoms with E-state index in [1.807, 2.05) is 27.8 Å². The van der Waals surface area contributed by atoms with E-state index in [2.05, 4.69) is 11.0 Å². The van der Waals surface area contributed by atoms with Gasteiger partial charge in [-0.25, -0.2) is 0 Å². The van der Waals surface area contributed by atoms with E-state index in [4.69, 9.17) is 0 Å². The summed E-state index contributed by atoms with van der Waals surface area (Å²) in [6.45, 7) is 6.09. The molecular weight excluding hydrogens is 306 g/mol. The van der Waals surface area contributed by atoms with E-state index in [1.165, 1.54) is 11.0 Å². The summed E-state index contributed by atoms with van der Waals surface area (Å²) in [6, 6.07) is 4.88. The van der Waals surface area contributed by atoms with Crippen molar-refractivity contribution < 1.29 is 9.72 Å². The molecule has 0 aromatic heterocycles. The van der Waals surface area contributed by atoms with Gasteiger partial charge in [-0.3, -0.25) is 14.9 Å². The van der Waals surface area contributed by atoms with Gasteiger partial charge in [0.25, 0.3) is 11.6 Å². The van der Waals surface area contributed by atoms with Crippen molar-refractivity contribution in [3.8, 4) is 0 Å². The molecule has 0 fully saturated rings. The summed E-state index contributed by atoms with van der Waals surface area (Å²) in [7, 11) is 5.17. The summed E-state index contributed by atoms with van der Waals surface area (Å²) in [5.74, 6) is -0.393. The Balaban J connectivity index is 2.56. The predicted molar refractivity (Wildman–Crippen MR) is 93.7 cm³/mol. The molecule has 0 saturated carbocycles. The Morgan fingerprint density at radius 3 is 2.42 bits per heavy atom. The average molecular weight is 329 g/mol. The maximum Gasteiger partial charge on any atom is 0.282 e. The zero-order valence-electron chi connectivity index (χ0n) is 15.0. The van der Waals surface area contributed by atoms with Crippen LogP contribution in [0, 0.1) is 10.1 Å². The maximum absolute atomic E-state index is 12.2. The van der Waals surface area contributed by atoms with Crippen molar-refractivity contribution in [2.24, 2.45) is 0 Å². The molecule has 1 atom stereocenters. The molecule has 128 valence electrons. The van der Waals surface area contributed by atoms with E-state index in [-0.39, 0.29) is 23.1 Å². The molecule has 6 heteroatoms. The first-order chi connectivity index (χ1) is 11.1. The quantitative estimate of drug-likeness (QED) is 0.628. The summed E-state index contributed by atoms with van der Waals surface area (Å²) in [4.78, 5) is 26.6. The molecule has 0 spiro atoms. The minimum Gasteiger partial charge on any atom is -0.352 e. The van der Waals surface area contributed by atoms with Crippen LogP contribution in [0.1, 0.15) is 42.6 Å². The highest BCUT2D eigenvalue weighted by molar-refractivity contribution is 5.98. The summed E-state index contributed by atoms with van der Waals surface area (Å²) in [5, 5.41) is 11.4. The van der Waals surface area contributed by atoms with Gasteiger partial charge in [0.2, 0.25) is 0 Å². The third-order valence-corrected chi connectivity index (χ3v) is 4.69. The molecule has 0 saturated heterocycles. The second-order valence-electron chi connectivity index (χ2n) is 6.35. The van der Waals surface area contributed by atoms with E-state index in [9.17, 15) is 14.9 Å². The van der Waals surface area contributed by atoms with E-state index in [0.29, 0.717) is 0 Å². The van der Waals surface area contributed by atoms with Crippen LogP contribution in [0.3, 0.4) is 0 Å². The monoisotopic (exact) mass is 329 g/mol. The normalized spacial score (nSPS) is 17.7. The SMILES string of the molecule is CC1=CC(c2ccc(C(=O)N(C)C)c([N+](=O)[O-])c2)C(C)=C(C)N1C. The Bertz CT molecular complexity index is 763. The van der Waals surface area contributed by atoms with Crippen molar-refractivity contribution in [1.29, 1.82) is 0 Å². The highest BCUT2D eigenvalue weighted by Crippen LogP contribution is 2.37. The molecule has 1 amide bonds. The van der Waals surface area contributed by atoms with Gasteiger partial charge >= 0.3 is 0 Å². The van der Waals surface area contributed by atoms with Crippen LogP contribution < -0.4 is 0 Å². The van der Waals surface area contributed by atoms with Gasteiger partial charge in [-0.1, -0.05) is 12.1 Å². The minimum absolute atomic E-state index is 0.0246. The van der Waals surface area contributed by atoms with Crippen molar-refractivity contribution in [2.45, 2.75) is 26.7 Å². The number of nitro groups is 1. The number of nitrogens with zero attached hydrogens (tertiary/aromatic N) is 3. The lowest BCUT2D eigenvalue weighted by atomic mass is 9.86. The molecule has 24 heavy (non-hydrogen) atoms. The molecule has 6 nitrogen and oxygen atoms in total. The predicted octanol–water partition coefficient (Wildman–Crippen LogP) is 3.52. The van der Waals surface area contributed by atoms with Crippen LogP contribution in [0.4, 0.5) is 5.69 Å². The smallest absolute Gasteiger partial charge is 0.282 e. The zero-order valence-corrected chi connectivity index (χ0v) is 15.0. The fourth-order valence-electron chi connectivity index (χ4n) is 2.89. The largest absolute Gasteiger partial charge is 0.352 e. The van der Waals surface area contributed by atoms with Crippen molar-refractivity contribution in [2.75, 3.05) is 21.1 Å². The second-order valence-corrected chi connectivity index (χ2v) is 6.35. The Labute approximate surface area is 142 Å². The summed E-state index contributed by atoms with van der Waals surface area (Å²) >= 11 is 0. The lowest BCUT2D eigenvalue weighted by molar-refractivity contribution is -0.385. The summed E-state index contributed by atoms with van der Waals surface area (Å²) < 4.78 is 0. The van der Waals surface area contributed by atoms with Crippen LogP contribution in [0.2, 0.25) is 0 Å². The van der Waals surface area contributed by atoms with Gasteiger partial charge in [0.1, 0.15) is 5.56 Å². The Kier molecular flexibility index (Phi) is 4.78. The van der Waals surface area contributed by atoms with Crippen LogP contribution in [0.15, 0.2) is 41.2 Å². The van der Waals surface area contributed by atoms with Crippen molar-refractivity contribution in [1.82, 2.24) is 9.80 Å². The summed E-state index contributed by atoms with van der Waals surface area (Å²) in [5.41, 5.74) is 4.16. The third-order valence-electron chi connectivity index (χ3n) is 4.69. The number of benzene rings is 1. The average Bonchev–Trinajstić information content (AvgIpc) is 2.54. The first-order valence-corrected chi connectivity index (χ1v) is 7.74. The van der Waals surface area contributed by atoms with Crippen molar-refractivity contribution in [3.05, 3.63) is 62.5 Å². The molecule has 1 aromatic carbocycles. The molecule has 1 unspecified atom stereocenters. The van der Waals surface area contributed by atoms with E-state index in [1.54, 1.807) is 26.2 Å². The van der Waals surface area contributed by atoms with Crippen LogP contribution in [0.25, 0.3) is 0 Å². The number of carbonyl (C=O) groups excluding carboxylic acids is 1. The Morgan fingerprint density at radius 1 is 1.25 bits per heavy atom. The van der Waals surface area contributed by atoms with Crippen LogP contribution in [-0.2, 0) is 0 Å². The highest BCUT2D eigenvalue weighted by Gasteiger charge is 2.26. The van der Waals surface area contributed by atoms with E-state index in [0.717, 1.165) is 22.5 Å². The number of amides is 1. The van der Waals surface area contributed by atoms with Crippen LogP contribution >= 0.6 is 0 Å². The van der Waals surface area contributed by atoms with Gasteiger partial charge in [-0.05, 0) is 38.0 Å². The van der Waals surface area contributed by atoms with E-state index >= 15 is 0 Å². The van der Waals surface area contributed by atoms with Gasteiger partial charge in [0, 0.05) is 44.5 Å². The van der Waals surface area contributed by atoms with Crippen molar-refractivity contribution >= 4 is 11.6 Å². The molecule has 1 aliphatic rings. The highest BCUT2D eigenvalue weighted by atomic mass is 16.6. The number of rotatable bonds is 3. The number of hydrogen-bond acceptors (Lipinski definition) is 4. The molecule has 0 aliphatic carbocycles. The van der Waals surface area contributed by atoms with Gasteiger partial charge < -0.3 is 9.80 Å². The van der Waals surface area contributed by atoms with E-state index < -0.39 is 4.92 Å². The lowest BCUT2D eigenvalue weighted by Gasteiger charge is -2.32. The van der Waals surface area contributed by atoms with Crippen LogP contribution in [-0.4, -0.2) is 41.8 Å². The molecule has 0 N–H and O–H groups in total. The van der Waals surface area contributed by atoms with Crippen molar-refractivity contribution in [3.63, 3.8) is 0 Å². The Morgan fingerprint density at radius 2 is 1.88 bits per heavy atom. The van der Waals surface area contributed by atoms with Gasteiger partial charge in [-0.2, -0.15) is 0 Å². The number of carbonyl (C=O) groups is 1. The molecule has 0 bridgehead atoms. The number of nitro benzene ring substituents is 1. The first-order valence-electron chi connectivity index (χ1n) is 7.74. The van der Waals surface area contributed by atoms with Gasteiger partial charge in [0.05, 0.1) is 4.92 Å². The number of hydrogen-bond donors (Lipinski definition) is 0. The lowest BCUT2D eigenvalue weighted by Crippen LogP contribution is -2.23. The van der Waals surface area contributed by atoms with Crippen LogP contribution in [0.5, 0.6) is 0 Å². The number of allylic oxidation sites excluding steroid dienone is 4. The molecular formula is C18H23N3O3. The fourth-order valence-corrected chi connectivity index (χ4v) is 2.89. The molecule has 1 aliphatic heterocycles. The molecule has 0 radical (unpaired) electrons. The molecule has 2 rings (SSSR count). The maximum atomic E-state index is 12.2. The van der Waals surface area contributed by atoms with Gasteiger partial charge in [0.15, 0.2) is 0 Å². The molecule has 1 aromatic rings. The zero-order chi connectivity index (χ0) is 18.2. The minimum atomic E-state index is -0.488. The standard InChI is InChI=1S/C18H23N3O3/c1-11-9-16(12(2)13(3)20(11)6)14-7-8-15(18(22)19(4)5)17(10-14)21(23)24/h7-10,16H,1-6H3. The second kappa shape index (κ2) is 6.47. The first kappa shape index (κ1) is 17.7. The fraction of sp³-hybridized carbons (Fsp3) is 0.389. The summed E-state index contributed by atoms with van der Waals surface area (Å²) in [6.07, 6.45) is 2.09.